The van der Waals surface area contributed by atoms with E-state index in [1.165, 1.54) is 18.2 Å². The minimum Gasteiger partial charge on any atom is -0.467 e. The van der Waals surface area contributed by atoms with Crippen molar-refractivity contribution in [2.24, 2.45) is 0 Å². The first-order valence-electron chi connectivity index (χ1n) is 6.08. The lowest BCUT2D eigenvalue weighted by molar-refractivity contribution is -0.121. The van der Waals surface area contributed by atoms with Crippen LogP contribution in [0.2, 0.25) is 5.02 Å². The highest BCUT2D eigenvalue weighted by atomic mass is 35.5. The van der Waals surface area contributed by atoms with Crippen molar-refractivity contribution in [3.8, 4) is 0 Å². The van der Waals surface area contributed by atoms with Crippen LogP contribution in [0, 0.1) is 5.82 Å². The van der Waals surface area contributed by atoms with Crippen LogP contribution < -0.4 is 10.6 Å². The molecule has 0 radical (unpaired) electrons. The van der Waals surface area contributed by atoms with E-state index in [0.717, 1.165) is 0 Å². The summed E-state index contributed by atoms with van der Waals surface area (Å²) >= 11 is 5.89. The van der Waals surface area contributed by atoms with Crippen molar-refractivity contribution < 1.29 is 13.6 Å². The largest absolute Gasteiger partial charge is 0.467 e. The number of carbonyl (C=O) groups excluding carboxylic acids is 1. The first-order valence-corrected chi connectivity index (χ1v) is 6.46. The lowest BCUT2D eigenvalue weighted by Crippen LogP contribution is -2.37. The molecule has 0 fully saturated rings. The molecule has 2 aromatic rings. The summed E-state index contributed by atoms with van der Waals surface area (Å²) in [5, 5.41) is 5.88. The molecule has 4 nitrogen and oxygen atoms in total. The Hall–Kier alpha value is -2.01. The molecule has 0 aliphatic heterocycles. The van der Waals surface area contributed by atoms with Gasteiger partial charge in [-0.2, -0.15) is 0 Å². The summed E-state index contributed by atoms with van der Waals surface area (Å²) < 4.78 is 18.0. The number of benzene rings is 1. The number of hydrogen-bond donors (Lipinski definition) is 2. The second-order valence-corrected chi connectivity index (χ2v) is 4.69. The van der Waals surface area contributed by atoms with Gasteiger partial charge in [-0.1, -0.05) is 11.6 Å². The molecule has 2 N–H and O–H groups in total. The van der Waals surface area contributed by atoms with E-state index >= 15 is 0 Å². The molecule has 0 aliphatic carbocycles. The van der Waals surface area contributed by atoms with Gasteiger partial charge >= 0.3 is 0 Å². The first-order chi connectivity index (χ1) is 9.56. The van der Waals surface area contributed by atoms with Crippen molar-refractivity contribution in [1.82, 2.24) is 5.32 Å². The maximum absolute atomic E-state index is 12.9. The van der Waals surface area contributed by atoms with Crippen LogP contribution >= 0.6 is 11.6 Å². The second-order valence-electron chi connectivity index (χ2n) is 4.29. The van der Waals surface area contributed by atoms with Gasteiger partial charge in [0.1, 0.15) is 17.6 Å². The number of hydrogen-bond acceptors (Lipinski definition) is 3. The van der Waals surface area contributed by atoms with Crippen molar-refractivity contribution in [3.05, 3.63) is 53.2 Å². The van der Waals surface area contributed by atoms with E-state index in [1.807, 2.05) is 0 Å². The van der Waals surface area contributed by atoms with Gasteiger partial charge in [-0.15, -0.1) is 0 Å². The summed E-state index contributed by atoms with van der Waals surface area (Å²) in [6.45, 7) is 2.01. The predicted octanol–water partition coefficient (Wildman–Crippen LogP) is 3.19. The van der Waals surface area contributed by atoms with Crippen molar-refractivity contribution in [1.29, 1.82) is 0 Å². The fourth-order valence-corrected chi connectivity index (χ4v) is 1.87. The molecule has 0 saturated heterocycles. The van der Waals surface area contributed by atoms with Crippen molar-refractivity contribution in [3.63, 3.8) is 0 Å². The summed E-state index contributed by atoms with van der Waals surface area (Å²) in [6.07, 6.45) is 1.54. The highest BCUT2D eigenvalue weighted by Gasteiger charge is 2.14. The van der Waals surface area contributed by atoms with E-state index in [9.17, 15) is 9.18 Å². The Labute approximate surface area is 120 Å². The topological polar surface area (TPSA) is 54.3 Å². The zero-order valence-corrected chi connectivity index (χ0v) is 11.6. The Morgan fingerprint density at radius 2 is 2.25 bits per heavy atom. The molecule has 1 amide bonds. The van der Waals surface area contributed by atoms with Crippen molar-refractivity contribution >= 4 is 23.2 Å². The molecule has 1 atom stereocenters. The van der Waals surface area contributed by atoms with E-state index in [0.29, 0.717) is 18.0 Å². The molecule has 0 bridgehead atoms. The van der Waals surface area contributed by atoms with Crippen LogP contribution in [-0.4, -0.2) is 11.9 Å². The molecule has 1 aromatic carbocycles. The highest BCUT2D eigenvalue weighted by Crippen LogP contribution is 2.23. The van der Waals surface area contributed by atoms with Gasteiger partial charge < -0.3 is 15.1 Å². The molecule has 1 unspecified atom stereocenters. The molecule has 2 rings (SSSR count). The average molecular weight is 297 g/mol. The van der Waals surface area contributed by atoms with E-state index in [2.05, 4.69) is 10.6 Å². The lowest BCUT2D eigenvalue weighted by atomic mass is 10.2. The van der Waals surface area contributed by atoms with E-state index < -0.39 is 11.9 Å². The summed E-state index contributed by atoms with van der Waals surface area (Å²) in [6, 6.07) is 6.98. The smallest absolute Gasteiger partial charge is 0.242 e. The number of carbonyl (C=O) groups is 1. The molecule has 0 aliphatic rings. The standard InChI is InChI=1S/C14H14ClFN2O2/c1-9(14(19)17-8-11-3-2-6-20-11)18-13-5-4-10(16)7-12(13)15/h2-7,9,18H,8H2,1H3,(H,17,19). The SMILES string of the molecule is CC(Nc1ccc(F)cc1Cl)C(=O)NCc1ccco1. The van der Waals surface area contributed by atoms with Crippen LogP contribution in [0.1, 0.15) is 12.7 Å². The van der Waals surface area contributed by atoms with Crippen molar-refractivity contribution in [2.75, 3.05) is 5.32 Å². The molecule has 1 aromatic heterocycles. The third-order valence-corrected chi connectivity index (χ3v) is 3.03. The van der Waals surface area contributed by atoms with Crippen LogP contribution in [0.4, 0.5) is 10.1 Å². The second kappa shape index (κ2) is 6.43. The Morgan fingerprint density at radius 1 is 1.45 bits per heavy atom. The van der Waals surface area contributed by atoms with Crippen molar-refractivity contribution in [2.45, 2.75) is 19.5 Å². The molecule has 0 saturated carbocycles. The van der Waals surface area contributed by atoms with Gasteiger partial charge in [-0.05, 0) is 37.3 Å². The van der Waals surface area contributed by atoms with Gasteiger partial charge in [0.25, 0.3) is 0 Å². The molecule has 106 valence electrons. The Kier molecular flexibility index (Phi) is 4.63. The Bertz CT molecular complexity index is 587. The number of anilines is 1. The monoisotopic (exact) mass is 296 g/mol. The molecule has 6 heteroatoms. The minimum atomic E-state index is -0.507. The summed E-state index contributed by atoms with van der Waals surface area (Å²) in [5.41, 5.74) is 0.508. The number of nitrogens with one attached hydrogen (secondary N) is 2. The Balaban J connectivity index is 1.90. The minimum absolute atomic E-state index is 0.207. The zero-order valence-electron chi connectivity index (χ0n) is 10.8. The summed E-state index contributed by atoms with van der Waals surface area (Å²) in [7, 11) is 0. The maximum atomic E-state index is 12.9. The third kappa shape index (κ3) is 3.74. The van der Waals surface area contributed by atoms with Gasteiger partial charge in [-0.25, -0.2) is 4.39 Å². The van der Waals surface area contributed by atoms with Crippen LogP contribution in [-0.2, 0) is 11.3 Å². The molecular formula is C14H14ClFN2O2. The van der Waals surface area contributed by atoms with Crippen LogP contribution in [0.5, 0.6) is 0 Å². The van der Waals surface area contributed by atoms with Gasteiger partial charge in [0, 0.05) is 0 Å². The normalized spacial score (nSPS) is 11.9. The fourth-order valence-electron chi connectivity index (χ4n) is 1.65. The van der Waals surface area contributed by atoms with E-state index in [4.69, 9.17) is 16.0 Å². The van der Waals surface area contributed by atoms with Gasteiger partial charge in [-0.3, -0.25) is 4.79 Å². The van der Waals surface area contributed by atoms with Gasteiger partial charge in [0.15, 0.2) is 0 Å². The zero-order chi connectivity index (χ0) is 14.5. The summed E-state index contributed by atoms with van der Waals surface area (Å²) in [5.74, 6) is 0.0441. The maximum Gasteiger partial charge on any atom is 0.242 e. The number of amides is 1. The highest BCUT2D eigenvalue weighted by molar-refractivity contribution is 6.33. The van der Waals surface area contributed by atoms with E-state index in [-0.39, 0.29) is 10.9 Å². The van der Waals surface area contributed by atoms with Crippen LogP contribution in [0.25, 0.3) is 0 Å². The first kappa shape index (κ1) is 14.4. The summed E-state index contributed by atoms with van der Waals surface area (Å²) in [4.78, 5) is 11.9. The van der Waals surface area contributed by atoms with E-state index in [1.54, 1.807) is 25.3 Å². The van der Waals surface area contributed by atoms with Gasteiger partial charge in [0.05, 0.1) is 23.5 Å². The molecule has 0 spiro atoms. The van der Waals surface area contributed by atoms with Crippen LogP contribution in [0.15, 0.2) is 41.0 Å². The fraction of sp³-hybridized carbons (Fsp3) is 0.214. The van der Waals surface area contributed by atoms with Crippen LogP contribution in [0.3, 0.4) is 0 Å². The quantitative estimate of drug-likeness (QED) is 0.891. The van der Waals surface area contributed by atoms with Gasteiger partial charge in [0.2, 0.25) is 5.91 Å². The number of halogens is 2. The number of furan rings is 1. The Morgan fingerprint density at radius 3 is 2.90 bits per heavy atom. The molecule has 20 heavy (non-hydrogen) atoms. The molecule has 1 heterocycles. The average Bonchev–Trinajstić information content (AvgIpc) is 2.92. The lowest BCUT2D eigenvalue weighted by Gasteiger charge is -2.15. The molecular weight excluding hydrogens is 283 g/mol. The third-order valence-electron chi connectivity index (χ3n) is 2.71. The number of rotatable bonds is 5. The predicted molar refractivity (Wildman–Crippen MR) is 75.0 cm³/mol.